The Balaban J connectivity index is 2.00. The first-order valence-electron chi connectivity index (χ1n) is 7.51. The van der Waals surface area contributed by atoms with Crippen molar-refractivity contribution >= 4 is 0 Å². The lowest BCUT2D eigenvalue weighted by atomic mass is 10.1. The molecule has 1 aromatic rings. The molecular formula is C16H24F2N2. The van der Waals surface area contributed by atoms with E-state index in [0.717, 1.165) is 38.9 Å². The summed E-state index contributed by atoms with van der Waals surface area (Å²) in [4.78, 5) is 1.91. The first-order chi connectivity index (χ1) is 9.62. The number of nitrogens with zero attached hydrogens (tertiary/aromatic N) is 1. The summed E-state index contributed by atoms with van der Waals surface area (Å²) in [5.74, 6) is -2.78. The van der Waals surface area contributed by atoms with Crippen LogP contribution in [-0.2, 0) is 5.92 Å². The summed E-state index contributed by atoms with van der Waals surface area (Å²) in [6.07, 6.45) is 3.07. The number of nitrogens with one attached hydrogen (secondary N) is 1. The second-order valence-corrected chi connectivity index (χ2v) is 5.60. The minimum absolute atomic E-state index is 0.115. The topological polar surface area (TPSA) is 15.3 Å². The van der Waals surface area contributed by atoms with Crippen molar-refractivity contribution in [3.63, 3.8) is 0 Å². The molecule has 0 aromatic heterocycles. The van der Waals surface area contributed by atoms with Crippen LogP contribution in [0.2, 0.25) is 0 Å². The molecule has 2 nitrogen and oxygen atoms in total. The number of benzene rings is 1. The van der Waals surface area contributed by atoms with E-state index in [1.165, 1.54) is 12.1 Å². The predicted octanol–water partition coefficient (Wildman–Crippen LogP) is 3.24. The van der Waals surface area contributed by atoms with Crippen LogP contribution in [0.4, 0.5) is 8.78 Å². The average molecular weight is 282 g/mol. The Bertz CT molecular complexity index is 395. The summed E-state index contributed by atoms with van der Waals surface area (Å²) in [6.45, 7) is 4.35. The van der Waals surface area contributed by atoms with Crippen LogP contribution in [-0.4, -0.2) is 37.1 Å². The van der Waals surface area contributed by atoms with Crippen molar-refractivity contribution in [1.29, 1.82) is 0 Å². The molecular weight excluding hydrogens is 258 g/mol. The highest BCUT2D eigenvalue weighted by Crippen LogP contribution is 2.29. The van der Waals surface area contributed by atoms with Gasteiger partial charge in [-0.25, -0.2) is 0 Å². The lowest BCUT2D eigenvalue weighted by Crippen LogP contribution is -2.42. The third-order valence-electron chi connectivity index (χ3n) is 3.82. The van der Waals surface area contributed by atoms with Gasteiger partial charge < -0.3 is 5.32 Å². The van der Waals surface area contributed by atoms with Gasteiger partial charge in [0.1, 0.15) is 0 Å². The van der Waals surface area contributed by atoms with Crippen LogP contribution < -0.4 is 5.32 Å². The molecule has 1 unspecified atom stereocenters. The van der Waals surface area contributed by atoms with E-state index in [-0.39, 0.29) is 12.1 Å². The highest BCUT2D eigenvalue weighted by atomic mass is 19.3. The van der Waals surface area contributed by atoms with Crippen molar-refractivity contribution in [3.05, 3.63) is 35.9 Å². The lowest BCUT2D eigenvalue weighted by Gasteiger charge is -2.28. The first-order valence-corrected chi connectivity index (χ1v) is 7.51. The zero-order chi connectivity index (χ0) is 14.4. The molecule has 2 rings (SSSR count). The van der Waals surface area contributed by atoms with Gasteiger partial charge in [-0.15, -0.1) is 0 Å². The van der Waals surface area contributed by atoms with E-state index >= 15 is 0 Å². The van der Waals surface area contributed by atoms with Crippen molar-refractivity contribution in [2.45, 2.75) is 38.2 Å². The molecule has 1 aromatic carbocycles. The number of rotatable bonds is 5. The molecule has 0 saturated carbocycles. The van der Waals surface area contributed by atoms with Crippen molar-refractivity contribution in [2.24, 2.45) is 0 Å². The summed E-state index contributed by atoms with van der Waals surface area (Å²) in [7, 11) is 0. The molecule has 1 N–H and O–H groups in total. The lowest BCUT2D eigenvalue weighted by molar-refractivity contribution is -0.0382. The Labute approximate surface area is 120 Å². The van der Waals surface area contributed by atoms with Gasteiger partial charge in [0.05, 0.1) is 6.54 Å². The molecule has 1 aliphatic rings. The van der Waals surface area contributed by atoms with Crippen LogP contribution in [0.3, 0.4) is 0 Å². The SMILES string of the molecule is CCCC1CN(CC(F)(F)c2ccccc2)CCCN1. The summed E-state index contributed by atoms with van der Waals surface area (Å²) in [5, 5.41) is 3.45. The van der Waals surface area contributed by atoms with Gasteiger partial charge in [-0.3, -0.25) is 4.90 Å². The number of hydrogen-bond acceptors (Lipinski definition) is 2. The molecule has 0 amide bonds. The monoisotopic (exact) mass is 282 g/mol. The minimum atomic E-state index is -2.78. The van der Waals surface area contributed by atoms with Crippen LogP contribution in [0, 0.1) is 0 Å². The van der Waals surface area contributed by atoms with E-state index in [0.29, 0.717) is 6.04 Å². The molecule has 112 valence electrons. The second kappa shape index (κ2) is 7.14. The molecule has 1 heterocycles. The third-order valence-corrected chi connectivity index (χ3v) is 3.82. The predicted molar refractivity (Wildman–Crippen MR) is 78.1 cm³/mol. The molecule has 4 heteroatoms. The van der Waals surface area contributed by atoms with Gasteiger partial charge in [0.25, 0.3) is 5.92 Å². The average Bonchev–Trinajstić information content (AvgIpc) is 2.65. The quantitative estimate of drug-likeness (QED) is 0.892. The highest BCUT2D eigenvalue weighted by molar-refractivity contribution is 5.20. The fourth-order valence-corrected chi connectivity index (χ4v) is 2.82. The van der Waals surface area contributed by atoms with Gasteiger partial charge >= 0.3 is 0 Å². The van der Waals surface area contributed by atoms with Crippen LogP contribution in [0.1, 0.15) is 31.7 Å². The largest absolute Gasteiger partial charge is 0.313 e. The van der Waals surface area contributed by atoms with Gasteiger partial charge in [0, 0.05) is 18.2 Å². The Morgan fingerprint density at radius 3 is 2.75 bits per heavy atom. The van der Waals surface area contributed by atoms with Crippen molar-refractivity contribution in [1.82, 2.24) is 10.2 Å². The smallest absolute Gasteiger partial charge is 0.285 e. The van der Waals surface area contributed by atoms with Crippen LogP contribution in [0.25, 0.3) is 0 Å². The zero-order valence-electron chi connectivity index (χ0n) is 12.1. The van der Waals surface area contributed by atoms with E-state index in [1.807, 2.05) is 4.90 Å². The van der Waals surface area contributed by atoms with Gasteiger partial charge in [-0.1, -0.05) is 43.7 Å². The van der Waals surface area contributed by atoms with Gasteiger partial charge in [-0.05, 0) is 25.9 Å². The minimum Gasteiger partial charge on any atom is -0.313 e. The van der Waals surface area contributed by atoms with Gasteiger partial charge in [0.15, 0.2) is 0 Å². The van der Waals surface area contributed by atoms with E-state index in [2.05, 4.69) is 12.2 Å². The van der Waals surface area contributed by atoms with E-state index in [4.69, 9.17) is 0 Å². The van der Waals surface area contributed by atoms with Gasteiger partial charge in [0.2, 0.25) is 0 Å². The summed E-state index contributed by atoms with van der Waals surface area (Å²) < 4.78 is 28.6. The van der Waals surface area contributed by atoms with Crippen LogP contribution in [0.5, 0.6) is 0 Å². The number of halogens is 2. The normalized spacial score (nSPS) is 21.6. The molecule has 0 spiro atoms. The number of alkyl halides is 2. The summed E-state index contributed by atoms with van der Waals surface area (Å²) >= 11 is 0. The standard InChI is InChI=1S/C16H24F2N2/c1-2-7-15-12-20(11-6-10-19-15)13-16(17,18)14-8-4-3-5-9-14/h3-5,8-9,15,19H,2,6-7,10-13H2,1H3. The molecule has 0 bridgehead atoms. The van der Waals surface area contributed by atoms with E-state index in [1.54, 1.807) is 18.2 Å². The van der Waals surface area contributed by atoms with E-state index < -0.39 is 5.92 Å². The fraction of sp³-hybridized carbons (Fsp3) is 0.625. The molecule has 20 heavy (non-hydrogen) atoms. The van der Waals surface area contributed by atoms with E-state index in [9.17, 15) is 8.78 Å². The maximum absolute atomic E-state index is 14.3. The van der Waals surface area contributed by atoms with Crippen molar-refractivity contribution < 1.29 is 8.78 Å². The Hall–Kier alpha value is -1.00. The molecule has 1 aliphatic heterocycles. The molecule has 0 aliphatic carbocycles. The van der Waals surface area contributed by atoms with Crippen LogP contribution >= 0.6 is 0 Å². The zero-order valence-corrected chi connectivity index (χ0v) is 12.1. The maximum atomic E-state index is 14.3. The van der Waals surface area contributed by atoms with Crippen LogP contribution in [0.15, 0.2) is 30.3 Å². The first kappa shape index (κ1) is 15.4. The van der Waals surface area contributed by atoms with Gasteiger partial charge in [-0.2, -0.15) is 8.78 Å². The Morgan fingerprint density at radius 2 is 2.05 bits per heavy atom. The summed E-state index contributed by atoms with van der Waals surface area (Å²) in [6, 6.07) is 8.49. The fourth-order valence-electron chi connectivity index (χ4n) is 2.82. The molecule has 1 saturated heterocycles. The Kier molecular flexibility index (Phi) is 5.49. The molecule has 1 fully saturated rings. The Morgan fingerprint density at radius 1 is 1.30 bits per heavy atom. The highest BCUT2D eigenvalue weighted by Gasteiger charge is 2.34. The number of hydrogen-bond donors (Lipinski definition) is 1. The van der Waals surface area contributed by atoms with Crippen molar-refractivity contribution in [3.8, 4) is 0 Å². The molecule has 1 atom stereocenters. The van der Waals surface area contributed by atoms with Crippen molar-refractivity contribution in [2.75, 3.05) is 26.2 Å². The maximum Gasteiger partial charge on any atom is 0.285 e. The summed E-state index contributed by atoms with van der Waals surface area (Å²) in [5.41, 5.74) is 0.115. The molecule has 0 radical (unpaired) electrons. The second-order valence-electron chi connectivity index (χ2n) is 5.60. The third kappa shape index (κ3) is 4.25.